The molecule has 1 aliphatic rings. The van der Waals surface area contributed by atoms with Crippen LogP contribution in [0, 0.1) is 0 Å². The van der Waals surface area contributed by atoms with Crippen molar-refractivity contribution in [2.75, 3.05) is 47.0 Å². The van der Waals surface area contributed by atoms with E-state index in [1.807, 2.05) is 32.8 Å². The second kappa shape index (κ2) is 12.3. The number of carbonyl (C=O) groups excluding carboxylic acids is 2. The van der Waals surface area contributed by atoms with Gasteiger partial charge in [-0.3, -0.25) is 9.59 Å². The Hall–Kier alpha value is -3.78. The van der Waals surface area contributed by atoms with Crippen molar-refractivity contribution in [3.05, 3.63) is 71.8 Å². The van der Waals surface area contributed by atoms with Gasteiger partial charge in [0.05, 0.1) is 24.8 Å². The largest absolute Gasteiger partial charge is 0.507 e. The average molecular weight is 495 g/mol. The highest BCUT2D eigenvalue weighted by Gasteiger charge is 2.46. The summed E-state index contributed by atoms with van der Waals surface area (Å²) in [5, 5.41) is 11.3. The lowest BCUT2D eigenvalue weighted by molar-refractivity contribution is -0.140. The minimum Gasteiger partial charge on any atom is -0.507 e. The standard InChI is InChI=1S/C28H34N2O6/c1-6-17-36-22-14-11-20(18-23(22)35-8-3)25-24(27(32)28(33)30(25)16-15-29(4)5)26(31)19-9-12-21(13-10-19)34-7-2/h6,9-14,18,25,31H,1,7-8,15-17H2,2-5H3. The second-order valence-electron chi connectivity index (χ2n) is 8.49. The van der Waals surface area contributed by atoms with Gasteiger partial charge in [-0.2, -0.15) is 0 Å². The molecule has 1 amide bonds. The summed E-state index contributed by atoms with van der Waals surface area (Å²) >= 11 is 0. The van der Waals surface area contributed by atoms with Crippen LogP contribution in [0.1, 0.15) is 31.0 Å². The van der Waals surface area contributed by atoms with Gasteiger partial charge in [0.25, 0.3) is 11.7 Å². The quantitative estimate of drug-likeness (QED) is 0.206. The molecule has 192 valence electrons. The third kappa shape index (κ3) is 5.88. The van der Waals surface area contributed by atoms with Crippen LogP contribution in [0.15, 0.2) is 60.7 Å². The van der Waals surface area contributed by atoms with Gasteiger partial charge in [0, 0.05) is 18.7 Å². The Morgan fingerprint density at radius 3 is 2.33 bits per heavy atom. The van der Waals surface area contributed by atoms with Gasteiger partial charge in [-0.1, -0.05) is 18.7 Å². The van der Waals surface area contributed by atoms with E-state index in [1.165, 1.54) is 4.90 Å². The number of ketones is 1. The molecule has 3 rings (SSSR count). The molecule has 1 unspecified atom stereocenters. The fraction of sp³-hybridized carbons (Fsp3) is 0.357. The zero-order valence-electron chi connectivity index (χ0n) is 21.3. The first kappa shape index (κ1) is 26.8. The fourth-order valence-electron chi connectivity index (χ4n) is 4.03. The highest BCUT2D eigenvalue weighted by atomic mass is 16.5. The zero-order valence-corrected chi connectivity index (χ0v) is 21.3. The van der Waals surface area contributed by atoms with Crippen LogP contribution < -0.4 is 14.2 Å². The minimum absolute atomic E-state index is 0.0325. The van der Waals surface area contributed by atoms with Crippen molar-refractivity contribution in [3.8, 4) is 17.2 Å². The molecule has 2 aromatic rings. The van der Waals surface area contributed by atoms with Crippen LogP contribution in [0.5, 0.6) is 17.2 Å². The molecule has 0 aromatic heterocycles. The highest BCUT2D eigenvalue weighted by molar-refractivity contribution is 6.46. The molecule has 1 fully saturated rings. The van der Waals surface area contributed by atoms with E-state index in [2.05, 4.69) is 6.58 Å². The Bertz CT molecular complexity index is 1120. The molecule has 1 N–H and O–H groups in total. The summed E-state index contributed by atoms with van der Waals surface area (Å²) in [7, 11) is 3.79. The average Bonchev–Trinajstić information content (AvgIpc) is 3.12. The number of Topliss-reactive ketones (excluding diaryl/α,β-unsaturated/α-hetero) is 1. The monoisotopic (exact) mass is 494 g/mol. The van der Waals surface area contributed by atoms with Gasteiger partial charge in [0.1, 0.15) is 18.1 Å². The van der Waals surface area contributed by atoms with Crippen LogP contribution in [-0.4, -0.2) is 73.6 Å². The van der Waals surface area contributed by atoms with E-state index in [1.54, 1.807) is 48.5 Å². The number of aliphatic hydroxyl groups is 1. The number of benzene rings is 2. The molecule has 1 heterocycles. The number of carbonyl (C=O) groups is 2. The van der Waals surface area contributed by atoms with Crippen molar-refractivity contribution in [2.24, 2.45) is 0 Å². The Labute approximate surface area is 212 Å². The molecular formula is C28H34N2O6. The molecule has 1 saturated heterocycles. The fourth-order valence-corrected chi connectivity index (χ4v) is 4.03. The van der Waals surface area contributed by atoms with Gasteiger partial charge in [-0.15, -0.1) is 0 Å². The molecule has 0 bridgehead atoms. The molecule has 0 radical (unpaired) electrons. The molecule has 1 atom stereocenters. The lowest BCUT2D eigenvalue weighted by atomic mass is 9.95. The lowest BCUT2D eigenvalue weighted by Gasteiger charge is -2.27. The molecule has 2 aromatic carbocycles. The Morgan fingerprint density at radius 1 is 1.03 bits per heavy atom. The summed E-state index contributed by atoms with van der Waals surface area (Å²) in [5.41, 5.74) is 1.09. The number of nitrogens with zero attached hydrogens (tertiary/aromatic N) is 2. The number of hydrogen-bond donors (Lipinski definition) is 1. The van der Waals surface area contributed by atoms with E-state index in [0.29, 0.717) is 61.3 Å². The number of ether oxygens (including phenoxy) is 3. The number of hydrogen-bond acceptors (Lipinski definition) is 7. The van der Waals surface area contributed by atoms with Gasteiger partial charge >= 0.3 is 0 Å². The van der Waals surface area contributed by atoms with E-state index >= 15 is 0 Å². The predicted molar refractivity (Wildman–Crippen MR) is 138 cm³/mol. The maximum Gasteiger partial charge on any atom is 0.295 e. The first-order valence-corrected chi connectivity index (χ1v) is 12.0. The first-order chi connectivity index (χ1) is 17.3. The third-order valence-corrected chi connectivity index (χ3v) is 5.71. The first-order valence-electron chi connectivity index (χ1n) is 12.0. The van der Waals surface area contributed by atoms with E-state index in [4.69, 9.17) is 14.2 Å². The van der Waals surface area contributed by atoms with E-state index < -0.39 is 17.7 Å². The molecule has 1 aliphatic heterocycles. The van der Waals surface area contributed by atoms with Crippen LogP contribution in [0.2, 0.25) is 0 Å². The normalized spacial score (nSPS) is 16.9. The zero-order chi connectivity index (χ0) is 26.2. The summed E-state index contributed by atoms with van der Waals surface area (Å²) in [5.74, 6) is 0.0370. The van der Waals surface area contributed by atoms with Gasteiger partial charge in [-0.25, -0.2) is 0 Å². The lowest BCUT2D eigenvalue weighted by Crippen LogP contribution is -2.35. The van der Waals surface area contributed by atoms with Crippen molar-refractivity contribution in [3.63, 3.8) is 0 Å². The summed E-state index contributed by atoms with van der Waals surface area (Å²) in [4.78, 5) is 29.8. The molecular weight excluding hydrogens is 460 g/mol. The van der Waals surface area contributed by atoms with Crippen LogP contribution in [0.25, 0.3) is 5.76 Å². The smallest absolute Gasteiger partial charge is 0.295 e. The predicted octanol–water partition coefficient (Wildman–Crippen LogP) is 4.03. The minimum atomic E-state index is -0.788. The van der Waals surface area contributed by atoms with Gasteiger partial charge < -0.3 is 29.1 Å². The SMILES string of the molecule is C=CCOc1ccc(C2C(=C(O)c3ccc(OCC)cc3)C(=O)C(=O)N2CCN(C)C)cc1OCC. The number of rotatable bonds is 12. The molecule has 0 spiro atoms. The second-order valence-corrected chi connectivity index (χ2v) is 8.49. The molecule has 8 nitrogen and oxygen atoms in total. The van der Waals surface area contributed by atoms with Crippen molar-refractivity contribution in [1.82, 2.24) is 9.80 Å². The van der Waals surface area contributed by atoms with Crippen molar-refractivity contribution in [1.29, 1.82) is 0 Å². The van der Waals surface area contributed by atoms with Crippen LogP contribution >= 0.6 is 0 Å². The summed E-state index contributed by atoms with van der Waals surface area (Å²) in [6.07, 6.45) is 1.64. The van der Waals surface area contributed by atoms with E-state index in [0.717, 1.165) is 0 Å². The molecule has 8 heteroatoms. The summed E-state index contributed by atoms with van der Waals surface area (Å²) < 4.78 is 17.0. The van der Waals surface area contributed by atoms with Gasteiger partial charge in [-0.05, 0) is 69.9 Å². The van der Waals surface area contributed by atoms with Crippen LogP contribution in [0.4, 0.5) is 0 Å². The van der Waals surface area contributed by atoms with Crippen molar-refractivity contribution in [2.45, 2.75) is 19.9 Å². The number of likely N-dealkylation sites (N-methyl/N-ethyl adjacent to an activating group) is 1. The maximum atomic E-state index is 13.2. The van der Waals surface area contributed by atoms with Crippen molar-refractivity contribution < 1.29 is 28.9 Å². The van der Waals surface area contributed by atoms with Crippen molar-refractivity contribution >= 4 is 17.4 Å². The third-order valence-electron chi connectivity index (χ3n) is 5.71. The van der Waals surface area contributed by atoms with E-state index in [9.17, 15) is 14.7 Å². The molecule has 0 aliphatic carbocycles. The Morgan fingerprint density at radius 2 is 1.72 bits per heavy atom. The topological polar surface area (TPSA) is 88.5 Å². The molecule has 36 heavy (non-hydrogen) atoms. The number of amides is 1. The number of likely N-dealkylation sites (tertiary alicyclic amines) is 1. The van der Waals surface area contributed by atoms with Crippen LogP contribution in [0.3, 0.4) is 0 Å². The summed E-state index contributed by atoms with van der Waals surface area (Å²) in [6, 6.07) is 11.3. The molecule has 0 saturated carbocycles. The Balaban J connectivity index is 2.13. The van der Waals surface area contributed by atoms with E-state index in [-0.39, 0.29) is 11.3 Å². The maximum absolute atomic E-state index is 13.2. The number of aliphatic hydroxyl groups excluding tert-OH is 1. The van der Waals surface area contributed by atoms with Gasteiger partial charge in [0.2, 0.25) is 0 Å². The van der Waals surface area contributed by atoms with Crippen LogP contribution in [-0.2, 0) is 9.59 Å². The van der Waals surface area contributed by atoms with Gasteiger partial charge in [0.15, 0.2) is 11.5 Å². The highest BCUT2D eigenvalue weighted by Crippen LogP contribution is 2.42. The Kier molecular flexibility index (Phi) is 9.13. The summed E-state index contributed by atoms with van der Waals surface area (Å²) in [6.45, 7) is 9.49.